The Balaban J connectivity index is 1.92. The molecule has 0 aliphatic carbocycles. The molecule has 0 bridgehead atoms. The molecule has 2 aromatic carbocycles. The van der Waals surface area contributed by atoms with Crippen LogP contribution in [-0.4, -0.2) is 48.8 Å². The minimum absolute atomic E-state index is 0.0332. The van der Waals surface area contributed by atoms with Crippen molar-refractivity contribution in [3.8, 4) is 0 Å². The van der Waals surface area contributed by atoms with Gasteiger partial charge in [-0.2, -0.15) is 0 Å². The van der Waals surface area contributed by atoms with Crippen LogP contribution in [0.1, 0.15) is 29.8 Å². The van der Waals surface area contributed by atoms with E-state index in [1.165, 1.54) is 0 Å². The van der Waals surface area contributed by atoms with Crippen LogP contribution in [0, 0.1) is 0 Å². The highest BCUT2D eigenvalue weighted by Crippen LogP contribution is 2.15. The van der Waals surface area contributed by atoms with Crippen molar-refractivity contribution < 1.29 is 14.4 Å². The minimum Gasteiger partial charge on any atom is -0.353 e. The van der Waals surface area contributed by atoms with Gasteiger partial charge in [0.05, 0.1) is 24.3 Å². The van der Waals surface area contributed by atoms with E-state index in [0.29, 0.717) is 17.8 Å². The summed E-state index contributed by atoms with van der Waals surface area (Å²) in [6.07, 6.45) is 0. The molecule has 0 heterocycles. The van der Waals surface area contributed by atoms with Crippen molar-refractivity contribution in [2.45, 2.75) is 26.4 Å². The van der Waals surface area contributed by atoms with Crippen LogP contribution in [0.2, 0.25) is 0 Å². The Bertz CT molecular complexity index is 837. The standard InChI is InChI=1S/C22H28N4O3/c1-16(2)24-20(27)14-26(3)15-21(28)25-19-12-8-7-11-18(19)22(29)23-13-17-9-5-4-6-10-17/h4-12,16H,13-15H2,1-3H3,(H,23,29)(H,24,27)(H,25,28). The zero-order chi connectivity index (χ0) is 21.2. The Morgan fingerprint density at radius 1 is 0.897 bits per heavy atom. The molecular weight excluding hydrogens is 368 g/mol. The second-order valence-corrected chi connectivity index (χ2v) is 7.16. The molecule has 154 valence electrons. The van der Waals surface area contributed by atoms with Gasteiger partial charge in [0.1, 0.15) is 0 Å². The largest absolute Gasteiger partial charge is 0.353 e. The van der Waals surface area contributed by atoms with Gasteiger partial charge in [-0.05, 0) is 38.6 Å². The van der Waals surface area contributed by atoms with Gasteiger partial charge in [0.25, 0.3) is 5.91 Å². The van der Waals surface area contributed by atoms with Crippen LogP contribution in [0.15, 0.2) is 54.6 Å². The highest BCUT2D eigenvalue weighted by Gasteiger charge is 2.15. The lowest BCUT2D eigenvalue weighted by Crippen LogP contribution is -2.41. The number of anilines is 1. The predicted molar refractivity (Wildman–Crippen MR) is 113 cm³/mol. The Hall–Kier alpha value is -3.19. The molecule has 0 saturated heterocycles. The molecule has 2 aromatic rings. The topological polar surface area (TPSA) is 90.5 Å². The van der Waals surface area contributed by atoms with Gasteiger partial charge in [0, 0.05) is 12.6 Å². The van der Waals surface area contributed by atoms with Crippen LogP contribution in [0.5, 0.6) is 0 Å². The van der Waals surface area contributed by atoms with Crippen molar-refractivity contribution in [2.75, 3.05) is 25.5 Å². The van der Waals surface area contributed by atoms with Crippen molar-refractivity contribution in [1.29, 1.82) is 0 Å². The lowest BCUT2D eigenvalue weighted by Gasteiger charge is -2.18. The SMILES string of the molecule is CC(C)NC(=O)CN(C)CC(=O)Nc1ccccc1C(=O)NCc1ccccc1. The van der Waals surface area contributed by atoms with E-state index >= 15 is 0 Å². The molecule has 29 heavy (non-hydrogen) atoms. The highest BCUT2D eigenvalue weighted by atomic mass is 16.2. The van der Waals surface area contributed by atoms with Crippen LogP contribution in [0.25, 0.3) is 0 Å². The zero-order valence-electron chi connectivity index (χ0n) is 17.1. The fraction of sp³-hybridized carbons (Fsp3) is 0.318. The van der Waals surface area contributed by atoms with E-state index < -0.39 is 0 Å². The number of hydrogen-bond donors (Lipinski definition) is 3. The number of nitrogens with one attached hydrogen (secondary N) is 3. The first kappa shape index (κ1) is 22.1. The maximum Gasteiger partial charge on any atom is 0.253 e. The van der Waals surface area contributed by atoms with E-state index in [-0.39, 0.29) is 36.9 Å². The number of carbonyl (C=O) groups excluding carboxylic acids is 3. The van der Waals surface area contributed by atoms with Gasteiger partial charge in [-0.15, -0.1) is 0 Å². The molecule has 0 aliphatic heterocycles. The van der Waals surface area contributed by atoms with Gasteiger partial charge in [0.2, 0.25) is 11.8 Å². The third kappa shape index (κ3) is 7.75. The Morgan fingerprint density at radius 3 is 2.21 bits per heavy atom. The Labute approximate surface area is 171 Å². The summed E-state index contributed by atoms with van der Waals surface area (Å²) in [6.45, 7) is 4.31. The van der Waals surface area contributed by atoms with Gasteiger partial charge >= 0.3 is 0 Å². The summed E-state index contributed by atoms with van der Waals surface area (Å²) in [5, 5.41) is 8.40. The lowest BCUT2D eigenvalue weighted by atomic mass is 10.1. The molecule has 0 saturated carbocycles. The van der Waals surface area contributed by atoms with Gasteiger partial charge in [-0.25, -0.2) is 0 Å². The molecule has 0 atom stereocenters. The normalized spacial score (nSPS) is 10.7. The van der Waals surface area contributed by atoms with Gasteiger partial charge in [-0.1, -0.05) is 42.5 Å². The first-order chi connectivity index (χ1) is 13.8. The van der Waals surface area contributed by atoms with E-state index in [1.807, 2.05) is 44.2 Å². The first-order valence-electron chi connectivity index (χ1n) is 9.54. The number of benzene rings is 2. The van der Waals surface area contributed by atoms with Gasteiger partial charge in [0.15, 0.2) is 0 Å². The molecule has 0 fully saturated rings. The van der Waals surface area contributed by atoms with Crippen molar-refractivity contribution in [3.05, 3.63) is 65.7 Å². The Kier molecular flexibility index (Phi) is 8.36. The van der Waals surface area contributed by atoms with Crippen molar-refractivity contribution in [1.82, 2.24) is 15.5 Å². The van der Waals surface area contributed by atoms with Crippen LogP contribution in [-0.2, 0) is 16.1 Å². The second-order valence-electron chi connectivity index (χ2n) is 7.16. The van der Waals surface area contributed by atoms with E-state index in [1.54, 1.807) is 36.2 Å². The van der Waals surface area contributed by atoms with Crippen molar-refractivity contribution in [2.24, 2.45) is 0 Å². The summed E-state index contributed by atoms with van der Waals surface area (Å²) in [6, 6.07) is 16.5. The maximum atomic E-state index is 12.6. The number of rotatable bonds is 9. The second kappa shape index (κ2) is 11.0. The Morgan fingerprint density at radius 2 is 1.52 bits per heavy atom. The van der Waals surface area contributed by atoms with E-state index in [0.717, 1.165) is 5.56 Å². The highest BCUT2D eigenvalue weighted by molar-refractivity contribution is 6.04. The monoisotopic (exact) mass is 396 g/mol. The number of para-hydroxylation sites is 1. The molecular formula is C22H28N4O3. The van der Waals surface area contributed by atoms with Gasteiger partial charge in [-0.3, -0.25) is 19.3 Å². The zero-order valence-corrected chi connectivity index (χ0v) is 17.1. The smallest absolute Gasteiger partial charge is 0.253 e. The van der Waals surface area contributed by atoms with Gasteiger partial charge < -0.3 is 16.0 Å². The first-order valence-corrected chi connectivity index (χ1v) is 9.54. The number of nitrogens with zero attached hydrogens (tertiary/aromatic N) is 1. The third-order valence-corrected chi connectivity index (χ3v) is 4.02. The quantitative estimate of drug-likeness (QED) is 0.605. The number of carbonyl (C=O) groups is 3. The van der Waals surface area contributed by atoms with E-state index in [4.69, 9.17) is 0 Å². The van der Waals surface area contributed by atoms with Crippen molar-refractivity contribution in [3.63, 3.8) is 0 Å². The molecule has 2 rings (SSSR count). The summed E-state index contributed by atoms with van der Waals surface area (Å²) in [5.74, 6) is -0.710. The van der Waals surface area contributed by atoms with Crippen LogP contribution in [0.4, 0.5) is 5.69 Å². The molecule has 0 unspecified atom stereocenters. The summed E-state index contributed by atoms with van der Waals surface area (Å²) in [5.41, 5.74) is 1.81. The number of amides is 3. The molecule has 3 amide bonds. The van der Waals surface area contributed by atoms with Crippen molar-refractivity contribution >= 4 is 23.4 Å². The molecule has 3 N–H and O–H groups in total. The summed E-state index contributed by atoms with van der Waals surface area (Å²) >= 11 is 0. The fourth-order valence-corrected chi connectivity index (χ4v) is 2.77. The van der Waals surface area contributed by atoms with Crippen LogP contribution < -0.4 is 16.0 Å². The number of hydrogen-bond acceptors (Lipinski definition) is 4. The summed E-state index contributed by atoms with van der Waals surface area (Å²) < 4.78 is 0. The molecule has 7 nitrogen and oxygen atoms in total. The average molecular weight is 396 g/mol. The van der Waals surface area contributed by atoms with E-state index in [2.05, 4.69) is 16.0 Å². The molecule has 0 aliphatic rings. The molecule has 0 aromatic heterocycles. The third-order valence-electron chi connectivity index (χ3n) is 4.02. The predicted octanol–water partition coefficient (Wildman–Crippen LogP) is 2.01. The summed E-state index contributed by atoms with van der Waals surface area (Å²) in [7, 11) is 1.69. The lowest BCUT2D eigenvalue weighted by molar-refractivity contribution is -0.123. The minimum atomic E-state index is -0.298. The maximum absolute atomic E-state index is 12.6. The van der Waals surface area contributed by atoms with Crippen LogP contribution >= 0.6 is 0 Å². The average Bonchev–Trinajstić information content (AvgIpc) is 2.66. The molecule has 0 spiro atoms. The van der Waals surface area contributed by atoms with E-state index in [9.17, 15) is 14.4 Å². The van der Waals surface area contributed by atoms with Crippen LogP contribution in [0.3, 0.4) is 0 Å². The molecule has 7 heteroatoms. The molecule has 0 radical (unpaired) electrons. The number of likely N-dealkylation sites (N-methyl/N-ethyl adjacent to an activating group) is 1. The fourth-order valence-electron chi connectivity index (χ4n) is 2.77. The summed E-state index contributed by atoms with van der Waals surface area (Å²) in [4.78, 5) is 38.3.